The number of benzene rings is 2. The molecule has 8 heteroatoms. The second kappa shape index (κ2) is 10.5. The second-order valence-electron chi connectivity index (χ2n) is 7.80. The maximum atomic E-state index is 6.20. The van der Waals surface area contributed by atoms with Crippen LogP contribution in [0.1, 0.15) is 5.56 Å². The third kappa shape index (κ3) is 6.02. The number of nitrogen functional groups attached to an aromatic ring is 1. The lowest BCUT2D eigenvalue weighted by molar-refractivity contribution is 0.307. The van der Waals surface area contributed by atoms with E-state index >= 15 is 0 Å². The number of aromatic nitrogens is 4. The monoisotopic (exact) mass is 441 g/mol. The highest BCUT2D eigenvalue weighted by molar-refractivity contribution is 5.75. The zero-order chi connectivity index (χ0) is 23.0. The number of anilines is 2. The summed E-state index contributed by atoms with van der Waals surface area (Å²) in [5.41, 5.74) is 10.1. The smallest absolute Gasteiger partial charge is 0.220 e. The first-order valence-corrected chi connectivity index (χ1v) is 10.7. The maximum Gasteiger partial charge on any atom is 0.220 e. The van der Waals surface area contributed by atoms with Gasteiger partial charge >= 0.3 is 0 Å². The summed E-state index contributed by atoms with van der Waals surface area (Å²) < 4.78 is 6.20. The van der Waals surface area contributed by atoms with E-state index in [0.717, 1.165) is 52.7 Å². The number of likely N-dealkylation sites (N-methyl/N-ethyl adjacent to an activating group) is 1. The normalized spacial score (nSPS) is 10.9. The van der Waals surface area contributed by atoms with E-state index in [0.29, 0.717) is 6.61 Å². The predicted octanol–water partition coefficient (Wildman–Crippen LogP) is 3.74. The van der Waals surface area contributed by atoms with Crippen LogP contribution in [0.25, 0.3) is 22.5 Å². The molecule has 0 aliphatic rings. The molecule has 0 aliphatic heterocycles. The van der Waals surface area contributed by atoms with Crippen LogP contribution in [0, 0.1) is 0 Å². The maximum absolute atomic E-state index is 6.20. The lowest BCUT2D eigenvalue weighted by Crippen LogP contribution is -2.21. The van der Waals surface area contributed by atoms with E-state index in [-0.39, 0.29) is 5.95 Å². The van der Waals surface area contributed by atoms with Gasteiger partial charge in [-0.15, -0.1) is 0 Å². The van der Waals surface area contributed by atoms with Crippen LogP contribution >= 0.6 is 0 Å². The standard InChI is InChI=1S/C25H27N7O/c1-32(2)13-12-27-24-15-22(29-17-30-24)20-14-19(21-10-11-28-25(26)31-21)8-9-23(20)33-16-18-6-4-3-5-7-18/h3-11,14-15,17H,12-13,16H2,1-2H3,(H2,26,28,31)(H,27,29,30). The van der Waals surface area contributed by atoms with Gasteiger partial charge in [-0.1, -0.05) is 30.3 Å². The molecule has 0 aliphatic carbocycles. The molecule has 0 spiro atoms. The van der Waals surface area contributed by atoms with Crippen molar-refractivity contribution in [2.75, 3.05) is 38.2 Å². The van der Waals surface area contributed by atoms with Crippen molar-refractivity contribution in [3.63, 3.8) is 0 Å². The van der Waals surface area contributed by atoms with Crippen LogP contribution in [-0.4, -0.2) is 52.0 Å². The van der Waals surface area contributed by atoms with Crippen molar-refractivity contribution in [1.29, 1.82) is 0 Å². The van der Waals surface area contributed by atoms with Gasteiger partial charge in [-0.3, -0.25) is 0 Å². The molecule has 4 aromatic rings. The highest BCUT2D eigenvalue weighted by Crippen LogP contribution is 2.34. The van der Waals surface area contributed by atoms with Crippen LogP contribution in [0.2, 0.25) is 0 Å². The number of nitrogens with zero attached hydrogens (tertiary/aromatic N) is 5. The Morgan fingerprint density at radius 3 is 2.58 bits per heavy atom. The van der Waals surface area contributed by atoms with Gasteiger partial charge in [-0.25, -0.2) is 19.9 Å². The molecular formula is C25H27N7O. The molecule has 0 bridgehead atoms. The number of nitrogens with two attached hydrogens (primary N) is 1. The molecule has 4 rings (SSSR count). The summed E-state index contributed by atoms with van der Waals surface area (Å²) in [4.78, 5) is 19.3. The number of hydrogen-bond acceptors (Lipinski definition) is 8. The van der Waals surface area contributed by atoms with E-state index in [1.165, 1.54) is 0 Å². The van der Waals surface area contributed by atoms with Crippen LogP contribution in [0.3, 0.4) is 0 Å². The number of nitrogens with one attached hydrogen (secondary N) is 1. The van der Waals surface area contributed by atoms with Gasteiger partial charge < -0.3 is 20.7 Å². The van der Waals surface area contributed by atoms with Crippen LogP contribution in [-0.2, 0) is 6.61 Å². The molecule has 0 saturated heterocycles. The fourth-order valence-electron chi connectivity index (χ4n) is 3.29. The zero-order valence-electron chi connectivity index (χ0n) is 18.8. The van der Waals surface area contributed by atoms with Gasteiger partial charge in [0.2, 0.25) is 5.95 Å². The molecule has 0 radical (unpaired) electrons. The summed E-state index contributed by atoms with van der Waals surface area (Å²) in [5, 5.41) is 3.35. The summed E-state index contributed by atoms with van der Waals surface area (Å²) in [5.74, 6) is 1.71. The fraction of sp³-hybridized carbons (Fsp3) is 0.200. The molecule has 2 heterocycles. The zero-order valence-corrected chi connectivity index (χ0v) is 18.8. The Morgan fingerprint density at radius 1 is 0.939 bits per heavy atom. The van der Waals surface area contributed by atoms with Gasteiger partial charge in [0.15, 0.2) is 0 Å². The van der Waals surface area contributed by atoms with Gasteiger partial charge in [0.05, 0.1) is 11.4 Å². The lowest BCUT2D eigenvalue weighted by Gasteiger charge is -2.14. The second-order valence-corrected chi connectivity index (χ2v) is 7.80. The van der Waals surface area contributed by atoms with Crippen LogP contribution < -0.4 is 15.8 Å². The van der Waals surface area contributed by atoms with Gasteiger partial charge in [0, 0.05) is 36.5 Å². The minimum Gasteiger partial charge on any atom is -0.488 e. The van der Waals surface area contributed by atoms with Gasteiger partial charge in [-0.2, -0.15) is 0 Å². The Morgan fingerprint density at radius 2 is 1.79 bits per heavy atom. The Kier molecular flexibility index (Phi) is 7.06. The molecule has 0 amide bonds. The lowest BCUT2D eigenvalue weighted by atomic mass is 10.0. The summed E-state index contributed by atoms with van der Waals surface area (Å²) >= 11 is 0. The molecule has 0 saturated carbocycles. The van der Waals surface area contributed by atoms with Gasteiger partial charge in [0.1, 0.15) is 24.5 Å². The summed E-state index contributed by atoms with van der Waals surface area (Å²) in [6.07, 6.45) is 3.21. The number of hydrogen-bond donors (Lipinski definition) is 2. The first kappa shape index (κ1) is 22.2. The average Bonchev–Trinajstić information content (AvgIpc) is 2.83. The Bertz CT molecular complexity index is 1200. The largest absolute Gasteiger partial charge is 0.488 e. The van der Waals surface area contributed by atoms with Crippen LogP contribution in [0.15, 0.2) is 73.2 Å². The third-order valence-corrected chi connectivity index (χ3v) is 4.99. The molecule has 2 aromatic heterocycles. The van der Waals surface area contributed by atoms with Crippen molar-refractivity contribution in [2.45, 2.75) is 6.61 Å². The van der Waals surface area contributed by atoms with Gasteiger partial charge in [-0.05, 0) is 43.9 Å². The summed E-state index contributed by atoms with van der Waals surface area (Å²) in [7, 11) is 4.07. The Balaban J connectivity index is 1.67. The third-order valence-electron chi connectivity index (χ3n) is 4.99. The van der Waals surface area contributed by atoms with Crippen molar-refractivity contribution in [1.82, 2.24) is 24.8 Å². The van der Waals surface area contributed by atoms with E-state index < -0.39 is 0 Å². The molecule has 168 valence electrons. The SMILES string of the molecule is CN(C)CCNc1cc(-c2cc(-c3ccnc(N)n3)ccc2OCc2ccccc2)ncn1. The Hall–Kier alpha value is -4.04. The van der Waals surface area contributed by atoms with Crippen LogP contribution in [0.4, 0.5) is 11.8 Å². The molecule has 8 nitrogen and oxygen atoms in total. The summed E-state index contributed by atoms with van der Waals surface area (Å²) in [6.45, 7) is 2.13. The van der Waals surface area contributed by atoms with Crippen molar-refractivity contribution < 1.29 is 4.74 Å². The van der Waals surface area contributed by atoms with Crippen LogP contribution in [0.5, 0.6) is 5.75 Å². The van der Waals surface area contributed by atoms with E-state index in [4.69, 9.17) is 10.5 Å². The quantitative estimate of drug-likeness (QED) is 0.405. The van der Waals surface area contributed by atoms with E-state index in [2.05, 4.69) is 30.2 Å². The van der Waals surface area contributed by atoms with Crippen molar-refractivity contribution in [3.8, 4) is 28.3 Å². The minimum absolute atomic E-state index is 0.230. The molecule has 33 heavy (non-hydrogen) atoms. The summed E-state index contributed by atoms with van der Waals surface area (Å²) in [6, 6.07) is 19.7. The first-order chi connectivity index (χ1) is 16.1. The molecule has 0 unspecified atom stereocenters. The molecule has 2 aromatic carbocycles. The Labute approximate surface area is 193 Å². The van der Waals surface area contributed by atoms with E-state index in [1.807, 2.05) is 74.8 Å². The van der Waals surface area contributed by atoms with E-state index in [9.17, 15) is 0 Å². The molecular weight excluding hydrogens is 414 g/mol. The minimum atomic E-state index is 0.230. The van der Waals surface area contributed by atoms with E-state index in [1.54, 1.807) is 12.5 Å². The number of ether oxygens (including phenoxy) is 1. The number of rotatable bonds is 9. The van der Waals surface area contributed by atoms with Crippen molar-refractivity contribution in [3.05, 3.63) is 78.8 Å². The predicted molar refractivity (Wildman–Crippen MR) is 131 cm³/mol. The topological polar surface area (TPSA) is 102 Å². The average molecular weight is 442 g/mol. The molecule has 0 atom stereocenters. The molecule has 3 N–H and O–H groups in total. The highest BCUT2D eigenvalue weighted by Gasteiger charge is 2.13. The molecule has 0 fully saturated rings. The fourth-order valence-corrected chi connectivity index (χ4v) is 3.29. The van der Waals surface area contributed by atoms with Gasteiger partial charge in [0.25, 0.3) is 0 Å². The highest BCUT2D eigenvalue weighted by atomic mass is 16.5. The van der Waals surface area contributed by atoms with Crippen molar-refractivity contribution in [2.24, 2.45) is 0 Å². The first-order valence-electron chi connectivity index (χ1n) is 10.7. The van der Waals surface area contributed by atoms with Crippen molar-refractivity contribution >= 4 is 11.8 Å².